The molecule has 1 amide bonds. The number of hydrogen-bond donors (Lipinski definition) is 1. The molecule has 1 atom stereocenters. The molecular weight excluding hydrogens is 256 g/mol. The number of likely N-dealkylation sites (N-methyl/N-ethyl adjacent to an activating group) is 1. The minimum Gasteiger partial charge on any atom is -0.480 e. The summed E-state index contributed by atoms with van der Waals surface area (Å²) in [6, 6.07) is -0.488. The zero-order valence-corrected chi connectivity index (χ0v) is 12.2. The van der Waals surface area contributed by atoms with Crippen molar-refractivity contribution in [1.82, 2.24) is 9.80 Å². The second kappa shape index (κ2) is 6.88. The SMILES string of the molecule is CCN(C(=O)CN1CCCC1C(=O)O)C1=CCCCC1. The first-order valence-electron chi connectivity index (χ1n) is 7.59. The molecule has 1 aliphatic heterocycles. The van der Waals surface area contributed by atoms with E-state index >= 15 is 0 Å². The lowest BCUT2D eigenvalue weighted by molar-refractivity contribution is -0.143. The van der Waals surface area contributed by atoms with Crippen LogP contribution in [0.3, 0.4) is 0 Å². The first kappa shape index (κ1) is 15.0. The molecule has 5 heteroatoms. The molecule has 1 aliphatic carbocycles. The standard InChI is InChI=1S/C15H24N2O3/c1-2-17(12-7-4-3-5-8-12)14(18)11-16-10-6-9-13(16)15(19)20/h7,13H,2-6,8-11H2,1H3,(H,19,20). The summed E-state index contributed by atoms with van der Waals surface area (Å²) in [5.74, 6) is -0.774. The summed E-state index contributed by atoms with van der Waals surface area (Å²) >= 11 is 0. The zero-order chi connectivity index (χ0) is 14.5. The molecule has 2 aliphatic rings. The van der Waals surface area contributed by atoms with Crippen LogP contribution < -0.4 is 0 Å². The maximum Gasteiger partial charge on any atom is 0.320 e. The number of allylic oxidation sites excluding steroid dienone is 2. The van der Waals surface area contributed by atoms with Crippen molar-refractivity contribution < 1.29 is 14.7 Å². The van der Waals surface area contributed by atoms with Gasteiger partial charge in [0.2, 0.25) is 5.91 Å². The first-order chi connectivity index (χ1) is 9.63. The van der Waals surface area contributed by atoms with Crippen molar-refractivity contribution in [3.63, 3.8) is 0 Å². The van der Waals surface area contributed by atoms with Gasteiger partial charge in [0.25, 0.3) is 0 Å². The van der Waals surface area contributed by atoms with Gasteiger partial charge in [-0.1, -0.05) is 6.08 Å². The van der Waals surface area contributed by atoms with Gasteiger partial charge in [-0.05, 0) is 52.0 Å². The largest absolute Gasteiger partial charge is 0.480 e. The Hall–Kier alpha value is -1.36. The number of hydrogen-bond acceptors (Lipinski definition) is 3. The fourth-order valence-corrected chi connectivity index (χ4v) is 3.16. The number of carboxylic acids is 1. The Kier molecular flexibility index (Phi) is 5.17. The molecule has 20 heavy (non-hydrogen) atoms. The van der Waals surface area contributed by atoms with Crippen LogP contribution in [-0.4, -0.2) is 52.5 Å². The van der Waals surface area contributed by atoms with Gasteiger partial charge in [-0.2, -0.15) is 0 Å². The van der Waals surface area contributed by atoms with E-state index in [2.05, 4.69) is 6.08 Å². The lowest BCUT2D eigenvalue weighted by atomic mass is 10.0. The highest BCUT2D eigenvalue weighted by Crippen LogP contribution is 2.22. The van der Waals surface area contributed by atoms with Gasteiger partial charge in [-0.3, -0.25) is 14.5 Å². The van der Waals surface area contributed by atoms with E-state index in [9.17, 15) is 9.59 Å². The summed E-state index contributed by atoms with van der Waals surface area (Å²) in [7, 11) is 0. The predicted molar refractivity (Wildman–Crippen MR) is 76.2 cm³/mol. The molecule has 0 bridgehead atoms. The number of carboxylic acid groups (broad SMARTS) is 1. The first-order valence-corrected chi connectivity index (χ1v) is 7.59. The maximum absolute atomic E-state index is 12.4. The summed E-state index contributed by atoms with van der Waals surface area (Å²) in [5.41, 5.74) is 1.12. The summed E-state index contributed by atoms with van der Waals surface area (Å²) in [6.07, 6.45) is 8.00. The molecule has 0 aromatic heterocycles. The van der Waals surface area contributed by atoms with E-state index in [1.807, 2.05) is 11.8 Å². The third kappa shape index (κ3) is 3.39. The molecule has 1 fully saturated rings. The van der Waals surface area contributed by atoms with Crippen LogP contribution in [-0.2, 0) is 9.59 Å². The molecule has 0 saturated carbocycles. The molecule has 1 unspecified atom stereocenters. The third-order valence-electron chi connectivity index (χ3n) is 4.22. The van der Waals surface area contributed by atoms with Gasteiger partial charge in [0.1, 0.15) is 6.04 Å². The van der Waals surface area contributed by atoms with Gasteiger partial charge in [-0.25, -0.2) is 0 Å². The zero-order valence-electron chi connectivity index (χ0n) is 12.2. The highest BCUT2D eigenvalue weighted by Gasteiger charge is 2.32. The van der Waals surface area contributed by atoms with Crippen molar-refractivity contribution in [2.45, 2.75) is 51.5 Å². The van der Waals surface area contributed by atoms with E-state index in [1.165, 1.54) is 6.42 Å². The fraction of sp³-hybridized carbons (Fsp3) is 0.733. The topological polar surface area (TPSA) is 60.9 Å². The second-order valence-electron chi connectivity index (χ2n) is 5.55. The van der Waals surface area contributed by atoms with Gasteiger partial charge in [-0.15, -0.1) is 0 Å². The number of likely N-dealkylation sites (tertiary alicyclic amines) is 1. The molecular formula is C15H24N2O3. The average molecular weight is 280 g/mol. The van der Waals surface area contributed by atoms with Crippen molar-refractivity contribution in [2.24, 2.45) is 0 Å². The minimum atomic E-state index is -0.810. The molecule has 0 spiro atoms. The van der Waals surface area contributed by atoms with Crippen LogP contribution in [0.1, 0.15) is 45.4 Å². The predicted octanol–water partition coefficient (Wildman–Crippen LogP) is 1.84. The fourth-order valence-electron chi connectivity index (χ4n) is 3.16. The maximum atomic E-state index is 12.4. The summed E-state index contributed by atoms with van der Waals surface area (Å²) in [4.78, 5) is 27.2. The Balaban J connectivity index is 1.98. The van der Waals surface area contributed by atoms with Crippen LogP contribution in [0.25, 0.3) is 0 Å². The Labute approximate surface area is 120 Å². The molecule has 0 aromatic carbocycles. The van der Waals surface area contributed by atoms with Crippen LogP contribution in [0.2, 0.25) is 0 Å². The Morgan fingerprint density at radius 2 is 2.20 bits per heavy atom. The molecule has 1 saturated heterocycles. The second-order valence-corrected chi connectivity index (χ2v) is 5.55. The minimum absolute atomic E-state index is 0.0359. The van der Waals surface area contributed by atoms with Crippen LogP contribution in [0.4, 0.5) is 0 Å². The van der Waals surface area contributed by atoms with E-state index in [-0.39, 0.29) is 12.5 Å². The van der Waals surface area contributed by atoms with Gasteiger partial charge < -0.3 is 10.0 Å². The van der Waals surface area contributed by atoms with Gasteiger partial charge in [0.15, 0.2) is 0 Å². The molecule has 2 rings (SSSR count). The number of amides is 1. The van der Waals surface area contributed by atoms with E-state index in [0.29, 0.717) is 19.5 Å². The van der Waals surface area contributed by atoms with E-state index in [0.717, 1.165) is 31.4 Å². The van der Waals surface area contributed by atoms with Crippen molar-refractivity contribution in [3.05, 3.63) is 11.8 Å². The summed E-state index contributed by atoms with van der Waals surface area (Å²) < 4.78 is 0. The Morgan fingerprint density at radius 1 is 1.40 bits per heavy atom. The summed E-state index contributed by atoms with van der Waals surface area (Å²) in [5, 5.41) is 9.16. The molecule has 1 heterocycles. The molecule has 0 aromatic rings. The van der Waals surface area contributed by atoms with E-state index in [1.54, 1.807) is 4.90 Å². The normalized spacial score (nSPS) is 23.4. The molecule has 5 nitrogen and oxygen atoms in total. The number of carbonyl (C=O) groups is 2. The Bertz CT molecular complexity index is 406. The number of aliphatic carboxylic acids is 1. The van der Waals surface area contributed by atoms with E-state index < -0.39 is 12.0 Å². The van der Waals surface area contributed by atoms with Gasteiger partial charge in [0, 0.05) is 12.2 Å². The van der Waals surface area contributed by atoms with Crippen molar-refractivity contribution in [1.29, 1.82) is 0 Å². The highest BCUT2D eigenvalue weighted by atomic mass is 16.4. The molecule has 0 radical (unpaired) electrons. The summed E-state index contributed by atoms with van der Waals surface area (Å²) in [6.45, 7) is 3.57. The van der Waals surface area contributed by atoms with Crippen molar-refractivity contribution >= 4 is 11.9 Å². The monoisotopic (exact) mass is 280 g/mol. The van der Waals surface area contributed by atoms with Crippen molar-refractivity contribution in [2.75, 3.05) is 19.6 Å². The van der Waals surface area contributed by atoms with Gasteiger partial charge in [0.05, 0.1) is 6.54 Å². The van der Waals surface area contributed by atoms with Crippen LogP contribution in [0.15, 0.2) is 11.8 Å². The third-order valence-corrected chi connectivity index (χ3v) is 4.22. The van der Waals surface area contributed by atoms with E-state index in [4.69, 9.17) is 5.11 Å². The lowest BCUT2D eigenvalue weighted by Crippen LogP contribution is -2.44. The number of carbonyl (C=O) groups excluding carboxylic acids is 1. The number of rotatable bonds is 5. The number of nitrogens with zero attached hydrogens (tertiary/aromatic N) is 2. The van der Waals surface area contributed by atoms with Crippen LogP contribution in [0, 0.1) is 0 Å². The lowest BCUT2D eigenvalue weighted by Gasteiger charge is -2.29. The van der Waals surface area contributed by atoms with Crippen LogP contribution in [0.5, 0.6) is 0 Å². The molecule has 112 valence electrons. The highest BCUT2D eigenvalue weighted by molar-refractivity contribution is 5.81. The quantitative estimate of drug-likeness (QED) is 0.835. The average Bonchev–Trinajstić information content (AvgIpc) is 2.89. The Morgan fingerprint density at radius 3 is 2.80 bits per heavy atom. The smallest absolute Gasteiger partial charge is 0.320 e. The van der Waals surface area contributed by atoms with Gasteiger partial charge >= 0.3 is 5.97 Å². The molecule has 1 N–H and O–H groups in total. The van der Waals surface area contributed by atoms with Crippen molar-refractivity contribution in [3.8, 4) is 0 Å². The van der Waals surface area contributed by atoms with Crippen LogP contribution >= 0.6 is 0 Å².